The van der Waals surface area contributed by atoms with Gasteiger partial charge in [-0.25, -0.2) is 0 Å². The van der Waals surface area contributed by atoms with E-state index in [0.717, 1.165) is 12.2 Å². The Bertz CT molecular complexity index is 502. The molecule has 2 N–H and O–H groups in total. The lowest BCUT2D eigenvalue weighted by molar-refractivity contribution is -0.0901. The molecule has 2 heteroatoms. The van der Waals surface area contributed by atoms with Gasteiger partial charge >= 0.3 is 0 Å². The van der Waals surface area contributed by atoms with Gasteiger partial charge in [-0.15, -0.1) is 0 Å². The second kappa shape index (κ2) is 5.64. The van der Waals surface area contributed by atoms with Gasteiger partial charge in [0, 0.05) is 17.9 Å². The first-order valence-electron chi connectivity index (χ1n) is 8.56. The van der Waals surface area contributed by atoms with E-state index in [-0.39, 0.29) is 5.41 Å². The average Bonchev–Trinajstić information content (AvgIpc) is 2.49. The zero-order chi connectivity index (χ0) is 15.0. The van der Waals surface area contributed by atoms with Crippen molar-refractivity contribution in [2.45, 2.75) is 77.4 Å². The van der Waals surface area contributed by atoms with Gasteiger partial charge < -0.3 is 10.5 Å². The lowest BCUT2D eigenvalue weighted by Gasteiger charge is -2.56. The van der Waals surface area contributed by atoms with Gasteiger partial charge in [-0.1, -0.05) is 45.2 Å². The van der Waals surface area contributed by atoms with Crippen molar-refractivity contribution in [3.8, 4) is 5.75 Å². The molecule has 2 atom stereocenters. The minimum absolute atomic E-state index is 0.262. The molecule has 0 heterocycles. The summed E-state index contributed by atoms with van der Waals surface area (Å²) in [6, 6.07) is 6.99. The van der Waals surface area contributed by atoms with Crippen LogP contribution in [0.4, 0.5) is 0 Å². The Morgan fingerprint density at radius 1 is 1.19 bits per heavy atom. The maximum atomic E-state index is 6.46. The van der Waals surface area contributed by atoms with E-state index < -0.39 is 0 Å². The molecule has 116 valence electrons. The Hall–Kier alpha value is -1.02. The molecular formula is C19H29NO. The van der Waals surface area contributed by atoms with Crippen molar-refractivity contribution in [3.63, 3.8) is 0 Å². The fourth-order valence-corrected chi connectivity index (χ4v) is 4.10. The molecule has 2 nitrogen and oxygen atoms in total. The first kappa shape index (κ1) is 14.9. The van der Waals surface area contributed by atoms with Crippen LogP contribution in [0.1, 0.15) is 69.4 Å². The molecule has 0 aromatic heterocycles. The molecule has 2 saturated carbocycles. The predicted molar refractivity (Wildman–Crippen MR) is 87.8 cm³/mol. The normalized spacial score (nSPS) is 27.7. The summed E-state index contributed by atoms with van der Waals surface area (Å²) in [5.41, 5.74) is 9.23. The Morgan fingerprint density at radius 3 is 2.52 bits per heavy atom. The number of hydrogen-bond donors (Lipinski definition) is 1. The smallest absolute Gasteiger partial charge is 0.122 e. The summed E-state index contributed by atoms with van der Waals surface area (Å²) < 4.78 is 6.46. The predicted octanol–water partition coefficient (Wildman–Crippen LogP) is 4.55. The highest BCUT2D eigenvalue weighted by Gasteiger charge is 2.54. The van der Waals surface area contributed by atoms with E-state index >= 15 is 0 Å². The average molecular weight is 287 g/mol. The molecule has 0 saturated heterocycles. The minimum atomic E-state index is 0.262. The molecule has 1 spiro atoms. The van der Waals surface area contributed by atoms with E-state index in [1.54, 1.807) is 0 Å². The zero-order valence-corrected chi connectivity index (χ0v) is 13.7. The van der Waals surface area contributed by atoms with Gasteiger partial charge in [-0.05, 0) is 42.9 Å². The Labute approximate surface area is 129 Å². The van der Waals surface area contributed by atoms with E-state index in [0.29, 0.717) is 18.1 Å². The number of benzene rings is 1. The summed E-state index contributed by atoms with van der Waals surface area (Å²) in [7, 11) is 0. The fraction of sp³-hybridized carbons (Fsp3) is 0.684. The third-order valence-corrected chi connectivity index (χ3v) is 5.78. The van der Waals surface area contributed by atoms with Crippen LogP contribution in [-0.2, 0) is 0 Å². The van der Waals surface area contributed by atoms with E-state index in [9.17, 15) is 0 Å². The van der Waals surface area contributed by atoms with Crippen molar-refractivity contribution in [2.24, 2.45) is 11.1 Å². The third kappa shape index (κ3) is 2.59. The van der Waals surface area contributed by atoms with Crippen molar-refractivity contribution in [3.05, 3.63) is 29.3 Å². The van der Waals surface area contributed by atoms with Gasteiger partial charge in [0.15, 0.2) is 0 Å². The van der Waals surface area contributed by atoms with Gasteiger partial charge in [0.05, 0.1) is 0 Å². The minimum Gasteiger partial charge on any atom is -0.489 e. The molecule has 3 rings (SSSR count). The molecule has 0 aliphatic heterocycles. The topological polar surface area (TPSA) is 35.2 Å². The molecule has 1 aromatic rings. The largest absolute Gasteiger partial charge is 0.489 e. The third-order valence-electron chi connectivity index (χ3n) is 5.78. The van der Waals surface area contributed by atoms with E-state index in [1.165, 1.54) is 43.2 Å². The molecule has 2 aliphatic carbocycles. The van der Waals surface area contributed by atoms with Gasteiger partial charge in [-0.2, -0.15) is 0 Å². The van der Waals surface area contributed by atoms with Crippen molar-refractivity contribution >= 4 is 0 Å². The highest BCUT2D eigenvalue weighted by molar-refractivity contribution is 5.38. The molecular weight excluding hydrogens is 258 g/mol. The molecule has 0 bridgehead atoms. The van der Waals surface area contributed by atoms with E-state index in [1.807, 2.05) is 0 Å². The number of aryl methyl sites for hydroxylation is 1. The monoisotopic (exact) mass is 287 g/mol. The van der Waals surface area contributed by atoms with Crippen molar-refractivity contribution in [2.75, 3.05) is 0 Å². The van der Waals surface area contributed by atoms with Gasteiger partial charge in [0.25, 0.3) is 0 Å². The first-order chi connectivity index (χ1) is 10.0. The van der Waals surface area contributed by atoms with E-state index in [2.05, 4.69) is 39.0 Å². The van der Waals surface area contributed by atoms with Crippen LogP contribution < -0.4 is 10.5 Å². The van der Waals surface area contributed by atoms with Gasteiger partial charge in [0.2, 0.25) is 0 Å². The van der Waals surface area contributed by atoms with Crippen LogP contribution in [0.2, 0.25) is 0 Å². The van der Waals surface area contributed by atoms with Crippen molar-refractivity contribution in [1.29, 1.82) is 0 Å². The van der Waals surface area contributed by atoms with Crippen LogP contribution in [0.3, 0.4) is 0 Å². The molecule has 2 aliphatic rings. The van der Waals surface area contributed by atoms with Crippen LogP contribution in [0.15, 0.2) is 18.2 Å². The highest BCUT2D eigenvalue weighted by Crippen LogP contribution is 2.52. The van der Waals surface area contributed by atoms with Crippen molar-refractivity contribution < 1.29 is 4.74 Å². The Balaban J connectivity index is 1.79. The number of rotatable bonds is 3. The summed E-state index contributed by atoms with van der Waals surface area (Å²) in [5.74, 6) is 1.61. The maximum absolute atomic E-state index is 6.46. The second-order valence-electron chi connectivity index (χ2n) is 7.42. The van der Waals surface area contributed by atoms with Crippen LogP contribution in [0.5, 0.6) is 5.75 Å². The second-order valence-corrected chi connectivity index (χ2v) is 7.42. The Kier molecular flexibility index (Phi) is 4.00. The Morgan fingerprint density at radius 2 is 1.90 bits per heavy atom. The van der Waals surface area contributed by atoms with Gasteiger partial charge in [-0.3, -0.25) is 0 Å². The molecule has 1 aromatic carbocycles. The van der Waals surface area contributed by atoms with Crippen LogP contribution in [0.25, 0.3) is 0 Å². The zero-order valence-electron chi connectivity index (χ0n) is 13.7. The van der Waals surface area contributed by atoms with Crippen LogP contribution in [0, 0.1) is 12.3 Å². The molecule has 2 fully saturated rings. The molecule has 0 amide bonds. The molecule has 21 heavy (non-hydrogen) atoms. The summed E-state index contributed by atoms with van der Waals surface area (Å²) in [6.07, 6.45) is 7.85. The highest BCUT2D eigenvalue weighted by atomic mass is 16.5. The number of hydrogen-bond acceptors (Lipinski definition) is 2. The standard InChI is InChI=1S/C19H29NO/c1-13(2)15-8-7-14(3)16(11-15)21-18-12-17(20)19(18)9-5-4-6-10-19/h7-8,11,13,17-18H,4-6,9-10,12,20H2,1-3H3. The maximum Gasteiger partial charge on any atom is 0.122 e. The first-order valence-corrected chi connectivity index (χ1v) is 8.56. The molecule has 0 radical (unpaired) electrons. The lowest BCUT2D eigenvalue weighted by Crippen LogP contribution is -2.64. The molecule has 2 unspecified atom stereocenters. The summed E-state index contributed by atoms with van der Waals surface area (Å²) in [4.78, 5) is 0. The fourth-order valence-electron chi connectivity index (χ4n) is 4.10. The number of ether oxygens (including phenoxy) is 1. The van der Waals surface area contributed by atoms with E-state index in [4.69, 9.17) is 10.5 Å². The summed E-state index contributed by atoms with van der Waals surface area (Å²) in [6.45, 7) is 6.61. The quantitative estimate of drug-likeness (QED) is 0.885. The SMILES string of the molecule is Cc1ccc(C(C)C)cc1OC1CC(N)C12CCCCC2. The number of nitrogens with two attached hydrogens (primary N) is 1. The van der Waals surface area contributed by atoms with Gasteiger partial charge in [0.1, 0.15) is 11.9 Å². The summed E-state index contributed by atoms with van der Waals surface area (Å²) in [5, 5.41) is 0. The summed E-state index contributed by atoms with van der Waals surface area (Å²) >= 11 is 0. The van der Waals surface area contributed by atoms with Crippen molar-refractivity contribution in [1.82, 2.24) is 0 Å². The van der Waals surface area contributed by atoms with Crippen LogP contribution >= 0.6 is 0 Å². The van der Waals surface area contributed by atoms with Crippen LogP contribution in [-0.4, -0.2) is 12.1 Å². The lowest BCUT2D eigenvalue weighted by atomic mass is 9.55.